The van der Waals surface area contributed by atoms with Crippen molar-refractivity contribution in [1.29, 1.82) is 0 Å². The van der Waals surface area contributed by atoms with Gasteiger partial charge in [-0.1, -0.05) is 6.07 Å². The lowest BCUT2D eigenvalue weighted by Crippen LogP contribution is -2.36. The molecule has 0 aliphatic heterocycles. The van der Waals surface area contributed by atoms with E-state index in [9.17, 15) is 4.79 Å². The quantitative estimate of drug-likeness (QED) is 0.796. The summed E-state index contributed by atoms with van der Waals surface area (Å²) >= 11 is 0. The van der Waals surface area contributed by atoms with E-state index in [0.29, 0.717) is 13.2 Å². The molecule has 5 nitrogen and oxygen atoms in total. The van der Waals surface area contributed by atoms with Crippen molar-refractivity contribution in [2.75, 3.05) is 34.4 Å². The van der Waals surface area contributed by atoms with Crippen molar-refractivity contribution in [3.05, 3.63) is 29.3 Å². The molecule has 21 heavy (non-hydrogen) atoms. The molecule has 0 aliphatic rings. The van der Waals surface area contributed by atoms with E-state index in [1.165, 1.54) is 0 Å². The van der Waals surface area contributed by atoms with Crippen LogP contribution in [0.5, 0.6) is 5.75 Å². The molecule has 1 aromatic carbocycles. The summed E-state index contributed by atoms with van der Waals surface area (Å²) in [6.07, 6.45) is 0. The van der Waals surface area contributed by atoms with Gasteiger partial charge >= 0.3 is 0 Å². The van der Waals surface area contributed by atoms with Gasteiger partial charge in [-0.3, -0.25) is 4.79 Å². The molecule has 118 valence electrons. The Bertz CT molecular complexity index is 463. The van der Waals surface area contributed by atoms with Crippen LogP contribution in [0.4, 0.5) is 0 Å². The zero-order chi connectivity index (χ0) is 15.8. The number of carbonyl (C=O) groups excluding carboxylic acids is 1. The van der Waals surface area contributed by atoms with Crippen LogP contribution in [0.2, 0.25) is 0 Å². The first-order valence-corrected chi connectivity index (χ1v) is 7.16. The highest BCUT2D eigenvalue weighted by atomic mass is 16.5. The second-order valence-electron chi connectivity index (χ2n) is 5.01. The molecular formula is C16H26N2O3. The molecule has 1 rings (SSSR count). The summed E-state index contributed by atoms with van der Waals surface area (Å²) in [6.45, 7) is 5.55. The van der Waals surface area contributed by atoms with E-state index in [4.69, 9.17) is 9.47 Å². The molecule has 1 amide bonds. The van der Waals surface area contributed by atoms with Crippen molar-refractivity contribution in [1.82, 2.24) is 10.2 Å². The van der Waals surface area contributed by atoms with Crippen LogP contribution < -0.4 is 10.1 Å². The lowest BCUT2D eigenvalue weighted by atomic mass is 10.0. The molecule has 0 aromatic heterocycles. The number of ether oxygens (including phenoxy) is 2. The summed E-state index contributed by atoms with van der Waals surface area (Å²) in [4.78, 5) is 13.5. The van der Waals surface area contributed by atoms with Gasteiger partial charge in [-0.15, -0.1) is 0 Å². The molecule has 5 heteroatoms. The predicted molar refractivity (Wildman–Crippen MR) is 83.4 cm³/mol. The van der Waals surface area contributed by atoms with Crippen LogP contribution in [0.1, 0.15) is 31.0 Å². The van der Waals surface area contributed by atoms with Crippen LogP contribution >= 0.6 is 0 Å². The molecule has 1 N–H and O–H groups in total. The highest BCUT2D eigenvalue weighted by Crippen LogP contribution is 2.23. The average molecular weight is 294 g/mol. The number of hydrogen-bond acceptors (Lipinski definition) is 4. The number of methoxy groups -OCH3 is 2. The second-order valence-corrected chi connectivity index (χ2v) is 5.01. The summed E-state index contributed by atoms with van der Waals surface area (Å²) in [6, 6.07) is 6.07. The smallest absolute Gasteiger partial charge is 0.236 e. The van der Waals surface area contributed by atoms with E-state index in [0.717, 1.165) is 23.4 Å². The fourth-order valence-corrected chi connectivity index (χ4v) is 2.01. The zero-order valence-corrected chi connectivity index (χ0v) is 13.6. The van der Waals surface area contributed by atoms with Gasteiger partial charge < -0.3 is 19.7 Å². The number of benzene rings is 1. The molecule has 1 aromatic rings. The minimum Gasteiger partial charge on any atom is -0.496 e. The first kappa shape index (κ1) is 17.5. The van der Waals surface area contributed by atoms with E-state index in [2.05, 4.69) is 5.32 Å². The zero-order valence-electron chi connectivity index (χ0n) is 13.6. The van der Waals surface area contributed by atoms with Gasteiger partial charge in [-0.2, -0.15) is 0 Å². The first-order chi connectivity index (χ1) is 10.0. The maximum atomic E-state index is 11.8. The number of nitrogens with one attached hydrogen (secondary N) is 1. The van der Waals surface area contributed by atoms with Crippen molar-refractivity contribution < 1.29 is 14.3 Å². The van der Waals surface area contributed by atoms with Gasteiger partial charge in [0.25, 0.3) is 0 Å². The number of rotatable bonds is 8. The van der Waals surface area contributed by atoms with Crippen molar-refractivity contribution >= 4 is 5.91 Å². The second kappa shape index (κ2) is 8.64. The molecule has 0 heterocycles. The van der Waals surface area contributed by atoms with Crippen LogP contribution in [0.15, 0.2) is 18.2 Å². The van der Waals surface area contributed by atoms with E-state index in [1.807, 2.05) is 32.0 Å². The Kier molecular flexibility index (Phi) is 7.19. The van der Waals surface area contributed by atoms with E-state index < -0.39 is 0 Å². The third-order valence-corrected chi connectivity index (χ3v) is 3.56. The van der Waals surface area contributed by atoms with Crippen LogP contribution in [0.25, 0.3) is 0 Å². The molecule has 0 saturated heterocycles. The van der Waals surface area contributed by atoms with Gasteiger partial charge in [-0.25, -0.2) is 0 Å². The fourth-order valence-electron chi connectivity index (χ4n) is 2.01. The topological polar surface area (TPSA) is 50.8 Å². The van der Waals surface area contributed by atoms with Gasteiger partial charge in [0.2, 0.25) is 5.91 Å². The van der Waals surface area contributed by atoms with Crippen LogP contribution in [0, 0.1) is 0 Å². The summed E-state index contributed by atoms with van der Waals surface area (Å²) < 4.78 is 10.5. The van der Waals surface area contributed by atoms with Crippen molar-refractivity contribution in [2.45, 2.75) is 26.5 Å². The number of likely N-dealkylation sites (N-methyl/N-ethyl adjacent to an activating group) is 1. The number of amides is 1. The maximum absolute atomic E-state index is 11.8. The molecule has 0 bridgehead atoms. The molecule has 1 atom stereocenters. The van der Waals surface area contributed by atoms with Crippen molar-refractivity contribution in [3.8, 4) is 5.75 Å². The maximum Gasteiger partial charge on any atom is 0.236 e. The first-order valence-electron chi connectivity index (χ1n) is 7.16. The van der Waals surface area contributed by atoms with Crippen molar-refractivity contribution in [3.63, 3.8) is 0 Å². The molecule has 0 saturated carbocycles. The highest BCUT2D eigenvalue weighted by Gasteiger charge is 2.12. The highest BCUT2D eigenvalue weighted by molar-refractivity contribution is 5.77. The third-order valence-electron chi connectivity index (χ3n) is 3.56. The van der Waals surface area contributed by atoms with Crippen LogP contribution in [-0.4, -0.2) is 45.2 Å². The molecule has 1 unspecified atom stereocenters. The number of nitrogens with zero attached hydrogens (tertiary/aromatic N) is 1. The fraction of sp³-hybridized carbons (Fsp3) is 0.562. The Balaban J connectivity index is 2.71. The van der Waals surface area contributed by atoms with E-state index >= 15 is 0 Å². The number of carbonyl (C=O) groups is 1. The average Bonchev–Trinajstić information content (AvgIpc) is 2.51. The molecule has 0 radical (unpaired) electrons. The monoisotopic (exact) mass is 294 g/mol. The Labute approximate surface area is 127 Å². The van der Waals surface area contributed by atoms with Crippen LogP contribution in [-0.2, 0) is 16.1 Å². The standard InChI is InChI=1S/C16H26N2O3/c1-6-18(3)16(19)10-17-12(2)13-7-8-15(21-5)14(9-13)11-20-4/h7-9,12,17H,6,10-11H2,1-5H3. The Hall–Kier alpha value is -1.59. The Morgan fingerprint density at radius 1 is 1.38 bits per heavy atom. The largest absolute Gasteiger partial charge is 0.496 e. The number of hydrogen-bond donors (Lipinski definition) is 1. The van der Waals surface area contributed by atoms with Gasteiger partial charge in [0, 0.05) is 32.3 Å². The van der Waals surface area contributed by atoms with E-state index in [1.54, 1.807) is 26.2 Å². The summed E-state index contributed by atoms with van der Waals surface area (Å²) in [7, 11) is 5.11. The third kappa shape index (κ3) is 5.02. The molecule has 0 spiro atoms. The molecule has 0 fully saturated rings. The minimum absolute atomic E-state index is 0.0840. The summed E-state index contributed by atoms with van der Waals surface area (Å²) in [5.41, 5.74) is 2.11. The van der Waals surface area contributed by atoms with Gasteiger partial charge in [0.05, 0.1) is 20.3 Å². The lowest BCUT2D eigenvalue weighted by molar-refractivity contribution is -0.128. The normalized spacial score (nSPS) is 12.0. The Morgan fingerprint density at radius 3 is 2.67 bits per heavy atom. The molecule has 0 aliphatic carbocycles. The van der Waals surface area contributed by atoms with Crippen molar-refractivity contribution in [2.24, 2.45) is 0 Å². The van der Waals surface area contributed by atoms with Crippen LogP contribution in [0.3, 0.4) is 0 Å². The lowest BCUT2D eigenvalue weighted by Gasteiger charge is -2.19. The summed E-state index contributed by atoms with van der Waals surface area (Å²) in [5, 5.41) is 3.25. The minimum atomic E-state index is 0.0840. The summed E-state index contributed by atoms with van der Waals surface area (Å²) in [5.74, 6) is 0.907. The Morgan fingerprint density at radius 2 is 2.10 bits per heavy atom. The SMILES string of the molecule is CCN(C)C(=O)CNC(C)c1ccc(OC)c(COC)c1. The predicted octanol–water partition coefficient (Wildman–Crippen LogP) is 1.97. The van der Waals surface area contributed by atoms with Gasteiger partial charge in [0.15, 0.2) is 0 Å². The molecular weight excluding hydrogens is 268 g/mol. The van der Waals surface area contributed by atoms with Gasteiger partial charge in [0.1, 0.15) is 5.75 Å². The van der Waals surface area contributed by atoms with E-state index in [-0.39, 0.29) is 11.9 Å². The van der Waals surface area contributed by atoms with Gasteiger partial charge in [-0.05, 0) is 31.5 Å².